The third-order valence-electron chi connectivity index (χ3n) is 5.18. The highest BCUT2D eigenvalue weighted by molar-refractivity contribution is 7.41. The number of benzene rings is 1. The van der Waals surface area contributed by atoms with Crippen molar-refractivity contribution in [3.8, 4) is 5.75 Å². The van der Waals surface area contributed by atoms with Crippen LogP contribution in [0.2, 0.25) is 0 Å². The maximum atomic E-state index is 10.8. The standard InChI is InChI=1S/C17H26O3.C5H9O4P/c1-16(2,3)12-9-11(7-8-14(18)19)10-13(15(12)20)17(4,5)6;6-1-5-2-7-10(8-3-5)9-4-5/h9-10,20H,7-8H2,1-6H3,(H,18,19);6H,1-4H2. The van der Waals surface area contributed by atoms with Crippen LogP contribution in [0.1, 0.15) is 64.7 Å². The van der Waals surface area contributed by atoms with Crippen LogP contribution in [0.3, 0.4) is 0 Å². The van der Waals surface area contributed by atoms with Crippen LogP contribution < -0.4 is 0 Å². The molecule has 8 heteroatoms. The molecule has 0 spiro atoms. The highest BCUT2D eigenvalue weighted by Crippen LogP contribution is 2.52. The Hall–Kier alpha value is -1.24. The second-order valence-electron chi connectivity index (χ2n) is 10.1. The van der Waals surface area contributed by atoms with Gasteiger partial charge >= 0.3 is 14.6 Å². The lowest BCUT2D eigenvalue weighted by Crippen LogP contribution is -2.46. The van der Waals surface area contributed by atoms with Crippen LogP contribution in [0.25, 0.3) is 0 Å². The van der Waals surface area contributed by atoms with Gasteiger partial charge in [0.05, 0.1) is 31.8 Å². The minimum Gasteiger partial charge on any atom is -0.507 e. The van der Waals surface area contributed by atoms with Gasteiger partial charge in [0.15, 0.2) is 0 Å². The molecular weight excluding hydrogens is 407 g/mol. The van der Waals surface area contributed by atoms with E-state index in [4.69, 9.17) is 23.8 Å². The molecule has 7 nitrogen and oxygen atoms in total. The van der Waals surface area contributed by atoms with E-state index in [0.717, 1.165) is 16.7 Å². The largest absolute Gasteiger partial charge is 0.507 e. The summed E-state index contributed by atoms with van der Waals surface area (Å²) >= 11 is 0. The summed E-state index contributed by atoms with van der Waals surface area (Å²) in [4.78, 5) is 10.8. The molecular formula is C22H35O7P. The molecule has 0 aliphatic carbocycles. The van der Waals surface area contributed by atoms with Gasteiger partial charge in [-0.1, -0.05) is 53.7 Å². The number of carboxylic acids is 1. The zero-order chi connectivity index (χ0) is 22.7. The highest BCUT2D eigenvalue weighted by Gasteiger charge is 2.44. The first-order valence-corrected chi connectivity index (χ1v) is 11.3. The van der Waals surface area contributed by atoms with E-state index in [1.165, 1.54) is 0 Å². The van der Waals surface area contributed by atoms with Gasteiger partial charge < -0.3 is 28.9 Å². The number of carbonyl (C=O) groups is 1. The average molecular weight is 442 g/mol. The fourth-order valence-electron chi connectivity index (χ4n) is 3.18. The summed E-state index contributed by atoms with van der Waals surface area (Å²) in [6.07, 6.45) is 0.597. The van der Waals surface area contributed by atoms with Crippen LogP contribution in [0.15, 0.2) is 12.1 Å². The molecule has 30 heavy (non-hydrogen) atoms. The normalized spacial score (nSPS) is 23.6. The molecule has 3 aliphatic heterocycles. The van der Waals surface area contributed by atoms with E-state index in [-0.39, 0.29) is 29.3 Å². The lowest BCUT2D eigenvalue weighted by atomic mass is 9.78. The van der Waals surface area contributed by atoms with Crippen LogP contribution >= 0.6 is 8.60 Å². The number of phenolic OH excluding ortho intramolecular Hbond substituents is 1. The molecule has 0 saturated carbocycles. The van der Waals surface area contributed by atoms with Crippen molar-refractivity contribution >= 4 is 14.6 Å². The van der Waals surface area contributed by atoms with Crippen molar-refractivity contribution in [2.75, 3.05) is 26.4 Å². The zero-order valence-electron chi connectivity index (χ0n) is 18.8. The van der Waals surface area contributed by atoms with Gasteiger partial charge in [-0.3, -0.25) is 4.79 Å². The van der Waals surface area contributed by atoms with Crippen LogP contribution in [0.4, 0.5) is 0 Å². The number of phenols is 1. The van der Waals surface area contributed by atoms with Gasteiger partial charge in [0.1, 0.15) is 5.75 Å². The van der Waals surface area contributed by atoms with Gasteiger partial charge in [0, 0.05) is 6.42 Å². The second-order valence-corrected chi connectivity index (χ2v) is 11.4. The quantitative estimate of drug-likeness (QED) is 0.598. The summed E-state index contributed by atoms with van der Waals surface area (Å²) in [5.41, 5.74) is 2.11. The summed E-state index contributed by atoms with van der Waals surface area (Å²) in [5.74, 6) is -0.461. The monoisotopic (exact) mass is 442 g/mol. The number of carboxylic acid groups (broad SMARTS) is 1. The van der Waals surface area contributed by atoms with Gasteiger partial charge in [-0.05, 0) is 33.9 Å². The molecule has 0 unspecified atom stereocenters. The van der Waals surface area contributed by atoms with Gasteiger partial charge in [0.25, 0.3) is 0 Å². The van der Waals surface area contributed by atoms with Crippen molar-refractivity contribution in [2.24, 2.45) is 5.41 Å². The molecule has 3 saturated heterocycles. The molecule has 170 valence electrons. The van der Waals surface area contributed by atoms with E-state index in [2.05, 4.69) is 41.5 Å². The fourth-order valence-corrected chi connectivity index (χ4v) is 4.54. The van der Waals surface area contributed by atoms with Crippen molar-refractivity contribution < 1.29 is 33.7 Å². The van der Waals surface area contributed by atoms with E-state index in [9.17, 15) is 9.90 Å². The van der Waals surface area contributed by atoms with E-state index < -0.39 is 14.6 Å². The number of hydrogen-bond donors (Lipinski definition) is 3. The minimum absolute atomic E-state index is 0.0795. The van der Waals surface area contributed by atoms with E-state index in [1.807, 2.05) is 12.1 Å². The smallest absolute Gasteiger partial charge is 0.332 e. The molecule has 3 heterocycles. The van der Waals surface area contributed by atoms with Gasteiger partial charge in [-0.15, -0.1) is 0 Å². The van der Waals surface area contributed by atoms with Gasteiger partial charge in [-0.2, -0.15) is 0 Å². The molecule has 4 rings (SSSR count). The van der Waals surface area contributed by atoms with E-state index >= 15 is 0 Å². The average Bonchev–Trinajstić information content (AvgIpc) is 2.67. The molecule has 0 atom stereocenters. The predicted molar refractivity (Wildman–Crippen MR) is 116 cm³/mol. The fraction of sp³-hybridized carbons (Fsp3) is 0.682. The molecule has 0 amide bonds. The Morgan fingerprint density at radius 3 is 1.73 bits per heavy atom. The Labute approximate surface area is 180 Å². The molecule has 0 aromatic heterocycles. The maximum Gasteiger partial charge on any atom is 0.332 e. The van der Waals surface area contributed by atoms with E-state index in [0.29, 0.717) is 32.0 Å². The first-order chi connectivity index (χ1) is 13.8. The Bertz CT molecular complexity index is 692. The van der Waals surface area contributed by atoms with Crippen LogP contribution in [0, 0.1) is 5.41 Å². The van der Waals surface area contributed by atoms with Crippen molar-refractivity contribution in [3.05, 3.63) is 28.8 Å². The summed E-state index contributed by atoms with van der Waals surface area (Å²) in [5, 5.41) is 28.3. The lowest BCUT2D eigenvalue weighted by Gasteiger charge is -2.42. The number of rotatable bonds is 4. The highest BCUT2D eigenvalue weighted by atomic mass is 31.2. The van der Waals surface area contributed by atoms with Crippen molar-refractivity contribution in [2.45, 2.75) is 65.2 Å². The summed E-state index contributed by atoms with van der Waals surface area (Å²) < 4.78 is 15.4. The van der Waals surface area contributed by atoms with Crippen LogP contribution in [0.5, 0.6) is 5.75 Å². The second kappa shape index (κ2) is 9.49. The number of aryl methyl sites for hydroxylation is 1. The number of aromatic hydroxyl groups is 1. The Morgan fingerprint density at radius 2 is 1.43 bits per heavy atom. The maximum absolute atomic E-state index is 10.8. The Morgan fingerprint density at radius 1 is 1.00 bits per heavy atom. The summed E-state index contributed by atoms with van der Waals surface area (Å²) in [6, 6.07) is 3.88. The molecule has 3 aliphatic rings. The van der Waals surface area contributed by atoms with Crippen LogP contribution in [-0.4, -0.2) is 47.7 Å². The number of aliphatic carboxylic acids is 1. The van der Waals surface area contributed by atoms with Crippen molar-refractivity contribution in [1.29, 1.82) is 0 Å². The third kappa shape index (κ3) is 6.38. The molecule has 3 fully saturated rings. The number of aliphatic hydroxyl groups excluding tert-OH is 1. The van der Waals surface area contributed by atoms with Gasteiger partial charge in [0.2, 0.25) is 0 Å². The topological polar surface area (TPSA) is 105 Å². The summed E-state index contributed by atoms with van der Waals surface area (Å²) in [6.45, 7) is 14.1. The molecule has 3 N–H and O–H groups in total. The SMILES string of the molecule is CC(C)(C)c1cc(CCC(=O)O)cc(C(C)(C)C)c1O.OCC12COP(OC1)OC2. The number of aliphatic hydroxyl groups is 1. The molecule has 1 aromatic rings. The van der Waals surface area contributed by atoms with Crippen molar-refractivity contribution in [3.63, 3.8) is 0 Å². The predicted octanol–water partition coefficient (Wildman–Crippen LogP) is 4.27. The number of hydrogen-bond acceptors (Lipinski definition) is 6. The van der Waals surface area contributed by atoms with Gasteiger partial charge in [-0.25, -0.2) is 0 Å². The third-order valence-corrected chi connectivity index (χ3v) is 6.20. The Balaban J connectivity index is 0.000000263. The number of fused-ring (bicyclic) bond motifs is 3. The zero-order valence-corrected chi connectivity index (χ0v) is 19.7. The van der Waals surface area contributed by atoms with Crippen molar-refractivity contribution in [1.82, 2.24) is 0 Å². The lowest BCUT2D eigenvalue weighted by molar-refractivity contribution is -0.136. The first kappa shape index (κ1) is 25.0. The van der Waals surface area contributed by atoms with Crippen LogP contribution in [-0.2, 0) is 35.6 Å². The molecule has 1 aromatic carbocycles. The first-order valence-electron chi connectivity index (χ1n) is 10.2. The molecule has 0 radical (unpaired) electrons. The summed E-state index contributed by atoms with van der Waals surface area (Å²) in [7, 11) is -1.05. The Kier molecular flexibility index (Phi) is 7.92. The minimum atomic E-state index is -1.05. The molecule has 2 bridgehead atoms. The van der Waals surface area contributed by atoms with E-state index in [1.54, 1.807) is 0 Å².